The third kappa shape index (κ3) is 4.03. The van der Waals surface area contributed by atoms with Crippen molar-refractivity contribution in [2.45, 2.75) is 0 Å². The minimum atomic E-state index is -0.447. The minimum absolute atomic E-state index is 0.0518. The normalized spacial score (nSPS) is 14.9. The molecule has 1 aromatic carbocycles. The monoisotopic (exact) mass is 374 g/mol. The van der Waals surface area contributed by atoms with E-state index in [0.717, 1.165) is 31.3 Å². The lowest BCUT2D eigenvalue weighted by Gasteiger charge is -2.34. The molecule has 2 heterocycles. The summed E-state index contributed by atoms with van der Waals surface area (Å²) in [6.07, 6.45) is 1.81. The fourth-order valence-corrected chi connectivity index (χ4v) is 3.65. The van der Waals surface area contributed by atoms with Gasteiger partial charge in [-0.1, -0.05) is 12.1 Å². The molecule has 1 aromatic heterocycles. The van der Waals surface area contributed by atoms with Gasteiger partial charge < -0.3 is 14.5 Å². The molecule has 3 rings (SSSR count). The van der Waals surface area contributed by atoms with Crippen molar-refractivity contribution in [1.29, 1.82) is 0 Å². The molecule has 1 amide bonds. The van der Waals surface area contributed by atoms with Crippen LogP contribution in [0.25, 0.3) is 0 Å². The van der Waals surface area contributed by atoms with Gasteiger partial charge in [0.05, 0.1) is 24.9 Å². The standard InChI is InChI=1S/C18H22N4O3S/c1-20(15-6-4-3-5-14(15)17(24)25-2)16(23)13-21-8-10-22(11-9-21)18-19-7-12-26-18/h3-7,12H,8-11,13H2,1-2H3. The zero-order valence-corrected chi connectivity index (χ0v) is 15.7. The lowest BCUT2D eigenvalue weighted by molar-refractivity contribution is -0.119. The van der Waals surface area contributed by atoms with Gasteiger partial charge in [0.15, 0.2) is 5.13 Å². The molecule has 0 bridgehead atoms. The molecule has 0 unspecified atom stereocenters. The van der Waals surface area contributed by atoms with E-state index >= 15 is 0 Å². The summed E-state index contributed by atoms with van der Waals surface area (Å²) in [4.78, 5) is 34.8. The summed E-state index contributed by atoms with van der Waals surface area (Å²) in [7, 11) is 3.03. The van der Waals surface area contributed by atoms with Crippen LogP contribution in [-0.4, -0.2) is 68.6 Å². The first-order valence-electron chi connectivity index (χ1n) is 8.41. The van der Waals surface area contributed by atoms with Crippen molar-refractivity contribution in [3.05, 3.63) is 41.4 Å². The molecule has 1 aliphatic rings. The number of carbonyl (C=O) groups is 2. The maximum absolute atomic E-state index is 12.7. The molecule has 138 valence electrons. The molecular weight excluding hydrogens is 352 g/mol. The predicted octanol–water partition coefficient (Wildman–Crippen LogP) is 1.71. The summed E-state index contributed by atoms with van der Waals surface area (Å²) in [6, 6.07) is 6.98. The smallest absolute Gasteiger partial charge is 0.339 e. The number of nitrogens with zero attached hydrogens (tertiary/aromatic N) is 4. The number of hydrogen-bond acceptors (Lipinski definition) is 7. The molecule has 0 atom stereocenters. The molecule has 2 aromatic rings. The molecule has 0 N–H and O–H groups in total. The molecule has 0 aliphatic carbocycles. The Morgan fingerprint density at radius 1 is 1.23 bits per heavy atom. The number of para-hydroxylation sites is 1. The second kappa shape index (κ2) is 8.29. The molecule has 1 fully saturated rings. The molecule has 1 saturated heterocycles. The Labute approximate surface area is 156 Å². The van der Waals surface area contributed by atoms with E-state index in [1.54, 1.807) is 42.6 Å². The van der Waals surface area contributed by atoms with E-state index in [-0.39, 0.29) is 5.91 Å². The summed E-state index contributed by atoms with van der Waals surface area (Å²) in [6.45, 7) is 3.62. The number of anilines is 2. The van der Waals surface area contributed by atoms with Crippen LogP contribution < -0.4 is 9.80 Å². The minimum Gasteiger partial charge on any atom is -0.465 e. The summed E-state index contributed by atoms with van der Waals surface area (Å²) in [5.41, 5.74) is 0.949. The number of thiazole rings is 1. The van der Waals surface area contributed by atoms with E-state index in [4.69, 9.17) is 4.74 Å². The Kier molecular flexibility index (Phi) is 5.85. The van der Waals surface area contributed by atoms with Crippen molar-refractivity contribution in [3.8, 4) is 0 Å². The number of likely N-dealkylation sites (N-methyl/N-ethyl adjacent to an activating group) is 1. The highest BCUT2D eigenvalue weighted by Gasteiger charge is 2.24. The van der Waals surface area contributed by atoms with E-state index < -0.39 is 5.97 Å². The Morgan fingerprint density at radius 2 is 1.96 bits per heavy atom. The highest BCUT2D eigenvalue weighted by molar-refractivity contribution is 7.13. The van der Waals surface area contributed by atoms with E-state index in [2.05, 4.69) is 14.8 Å². The molecular formula is C18H22N4O3S. The second-order valence-electron chi connectivity index (χ2n) is 6.04. The zero-order valence-electron chi connectivity index (χ0n) is 14.9. The van der Waals surface area contributed by atoms with Gasteiger partial charge in [-0.2, -0.15) is 0 Å². The fraction of sp³-hybridized carbons (Fsp3) is 0.389. The number of piperazine rings is 1. The molecule has 26 heavy (non-hydrogen) atoms. The van der Waals surface area contributed by atoms with Crippen molar-refractivity contribution in [2.24, 2.45) is 0 Å². The molecule has 0 spiro atoms. The van der Waals surface area contributed by atoms with Crippen LogP contribution in [0.3, 0.4) is 0 Å². The molecule has 0 radical (unpaired) electrons. The van der Waals surface area contributed by atoms with Crippen LogP contribution in [0.4, 0.5) is 10.8 Å². The average molecular weight is 374 g/mol. The van der Waals surface area contributed by atoms with Gasteiger partial charge in [-0.25, -0.2) is 9.78 Å². The van der Waals surface area contributed by atoms with E-state index in [1.807, 2.05) is 11.6 Å². The van der Waals surface area contributed by atoms with Gasteiger partial charge in [-0.15, -0.1) is 11.3 Å². The van der Waals surface area contributed by atoms with Crippen LogP contribution in [0.5, 0.6) is 0 Å². The number of ether oxygens (including phenoxy) is 1. The number of methoxy groups -OCH3 is 1. The fourth-order valence-electron chi connectivity index (χ4n) is 2.95. The van der Waals surface area contributed by atoms with Crippen LogP contribution in [0.1, 0.15) is 10.4 Å². The number of benzene rings is 1. The summed E-state index contributed by atoms with van der Waals surface area (Å²) < 4.78 is 4.81. The van der Waals surface area contributed by atoms with Crippen molar-refractivity contribution >= 4 is 34.0 Å². The average Bonchev–Trinajstić information content (AvgIpc) is 3.22. The first-order chi connectivity index (χ1) is 12.6. The Morgan fingerprint density at radius 3 is 2.62 bits per heavy atom. The highest BCUT2D eigenvalue weighted by Crippen LogP contribution is 2.21. The Bertz CT molecular complexity index is 758. The van der Waals surface area contributed by atoms with Crippen LogP contribution >= 0.6 is 11.3 Å². The number of hydrogen-bond donors (Lipinski definition) is 0. The van der Waals surface area contributed by atoms with Gasteiger partial charge in [0.25, 0.3) is 0 Å². The molecule has 0 saturated carbocycles. The first kappa shape index (κ1) is 18.3. The van der Waals surface area contributed by atoms with Crippen LogP contribution in [0, 0.1) is 0 Å². The SMILES string of the molecule is COC(=O)c1ccccc1N(C)C(=O)CN1CCN(c2nccs2)CC1. The number of rotatable bonds is 5. The summed E-state index contributed by atoms with van der Waals surface area (Å²) in [5.74, 6) is -0.499. The molecule has 8 heteroatoms. The third-order valence-electron chi connectivity index (χ3n) is 4.47. The first-order valence-corrected chi connectivity index (χ1v) is 9.29. The molecule has 1 aliphatic heterocycles. The summed E-state index contributed by atoms with van der Waals surface area (Å²) in [5, 5.41) is 3.00. The van der Waals surface area contributed by atoms with Crippen molar-refractivity contribution in [2.75, 3.05) is 56.7 Å². The predicted molar refractivity (Wildman–Crippen MR) is 102 cm³/mol. The lowest BCUT2D eigenvalue weighted by atomic mass is 10.1. The van der Waals surface area contributed by atoms with Gasteiger partial charge in [0.2, 0.25) is 5.91 Å². The Hall–Kier alpha value is -2.45. The lowest BCUT2D eigenvalue weighted by Crippen LogP contribution is -2.49. The Balaban J connectivity index is 1.60. The third-order valence-corrected chi connectivity index (χ3v) is 5.30. The van der Waals surface area contributed by atoms with Crippen LogP contribution in [-0.2, 0) is 9.53 Å². The topological polar surface area (TPSA) is 66.0 Å². The zero-order chi connectivity index (χ0) is 18.5. The van der Waals surface area contributed by atoms with E-state index in [9.17, 15) is 9.59 Å². The van der Waals surface area contributed by atoms with Crippen molar-refractivity contribution in [1.82, 2.24) is 9.88 Å². The van der Waals surface area contributed by atoms with Crippen LogP contribution in [0.2, 0.25) is 0 Å². The summed E-state index contributed by atoms with van der Waals surface area (Å²) >= 11 is 1.63. The van der Waals surface area contributed by atoms with E-state index in [1.165, 1.54) is 12.0 Å². The van der Waals surface area contributed by atoms with Gasteiger partial charge >= 0.3 is 5.97 Å². The van der Waals surface area contributed by atoms with Crippen molar-refractivity contribution < 1.29 is 14.3 Å². The van der Waals surface area contributed by atoms with Gasteiger partial charge in [0.1, 0.15) is 0 Å². The largest absolute Gasteiger partial charge is 0.465 e. The quantitative estimate of drug-likeness (QED) is 0.743. The number of carbonyl (C=O) groups excluding carboxylic acids is 2. The van der Waals surface area contributed by atoms with Gasteiger partial charge in [0, 0.05) is 44.8 Å². The van der Waals surface area contributed by atoms with Gasteiger partial charge in [-0.05, 0) is 12.1 Å². The number of esters is 1. The van der Waals surface area contributed by atoms with Crippen molar-refractivity contribution in [3.63, 3.8) is 0 Å². The maximum atomic E-state index is 12.7. The van der Waals surface area contributed by atoms with E-state index in [0.29, 0.717) is 17.8 Å². The number of aromatic nitrogens is 1. The highest BCUT2D eigenvalue weighted by atomic mass is 32.1. The maximum Gasteiger partial charge on any atom is 0.339 e. The number of amides is 1. The molecule has 7 nitrogen and oxygen atoms in total. The van der Waals surface area contributed by atoms with Crippen LogP contribution in [0.15, 0.2) is 35.8 Å². The van der Waals surface area contributed by atoms with Gasteiger partial charge in [-0.3, -0.25) is 9.69 Å². The second-order valence-corrected chi connectivity index (χ2v) is 6.91.